The maximum Gasteiger partial charge on any atom is 0.259 e. The number of aromatic hydroxyl groups is 3. The summed E-state index contributed by atoms with van der Waals surface area (Å²) >= 11 is 0. The zero-order valence-electron chi connectivity index (χ0n) is 17.8. The van der Waals surface area contributed by atoms with E-state index in [4.69, 9.17) is 0 Å². The summed E-state index contributed by atoms with van der Waals surface area (Å²) in [5.74, 6) is -0.575. The molecule has 4 aliphatic rings. The van der Waals surface area contributed by atoms with Crippen molar-refractivity contribution in [1.29, 1.82) is 0 Å². The number of hydrogen-bond donors (Lipinski definition) is 4. The lowest BCUT2D eigenvalue weighted by Crippen LogP contribution is -2.61. The Morgan fingerprint density at radius 3 is 1.97 bits per heavy atom. The summed E-state index contributed by atoms with van der Waals surface area (Å²) in [5.41, 5.74) is 0.348. The van der Waals surface area contributed by atoms with Crippen LogP contribution >= 0.6 is 0 Å². The van der Waals surface area contributed by atoms with Gasteiger partial charge in [0.05, 0.1) is 0 Å². The average molecular weight is 437 g/mol. The van der Waals surface area contributed by atoms with Gasteiger partial charge in [0.25, 0.3) is 5.91 Å². The van der Waals surface area contributed by atoms with Crippen molar-refractivity contribution in [1.82, 2.24) is 5.32 Å². The van der Waals surface area contributed by atoms with Crippen LogP contribution in [0, 0.1) is 17.8 Å². The third-order valence-electron chi connectivity index (χ3n) is 7.37. The van der Waals surface area contributed by atoms with Crippen LogP contribution in [-0.2, 0) is 4.79 Å². The third-order valence-corrected chi connectivity index (χ3v) is 7.37. The van der Waals surface area contributed by atoms with Crippen molar-refractivity contribution in [2.24, 2.45) is 17.8 Å². The van der Waals surface area contributed by atoms with Gasteiger partial charge in [0.15, 0.2) is 17.2 Å². The van der Waals surface area contributed by atoms with Gasteiger partial charge in [-0.2, -0.15) is 0 Å². The SMILES string of the molecule is O=C(CN(C(=O)c1cc(O)c(O)c(O)c1)c1ccccc1)NC12CC3CC(CC(C3)C1)C2. The molecule has 4 aliphatic carbocycles. The van der Waals surface area contributed by atoms with E-state index in [1.165, 1.54) is 24.2 Å². The van der Waals surface area contributed by atoms with E-state index in [9.17, 15) is 24.9 Å². The van der Waals surface area contributed by atoms with Crippen molar-refractivity contribution in [2.45, 2.75) is 44.1 Å². The molecule has 0 saturated heterocycles. The van der Waals surface area contributed by atoms with Crippen molar-refractivity contribution < 1.29 is 24.9 Å². The van der Waals surface area contributed by atoms with Crippen molar-refractivity contribution in [3.8, 4) is 17.2 Å². The Balaban J connectivity index is 1.38. The molecule has 4 saturated carbocycles. The van der Waals surface area contributed by atoms with Crippen LogP contribution in [0.25, 0.3) is 0 Å². The molecule has 2 aromatic rings. The number of phenolic OH excluding ortho intramolecular Hbond substituents is 3. The first-order chi connectivity index (χ1) is 15.3. The Bertz CT molecular complexity index is 993. The minimum atomic E-state index is -0.688. The van der Waals surface area contributed by atoms with Gasteiger partial charge in [-0.1, -0.05) is 18.2 Å². The number of para-hydroxylation sites is 1. The molecule has 0 heterocycles. The van der Waals surface area contributed by atoms with Crippen LogP contribution in [0.4, 0.5) is 5.69 Å². The molecular weight excluding hydrogens is 408 g/mol. The monoisotopic (exact) mass is 436 g/mol. The predicted molar refractivity (Wildman–Crippen MR) is 119 cm³/mol. The second-order valence-corrected chi connectivity index (χ2v) is 9.84. The second kappa shape index (κ2) is 7.73. The molecule has 6 rings (SSSR count). The number of benzene rings is 2. The second-order valence-electron chi connectivity index (χ2n) is 9.84. The molecule has 0 atom stereocenters. The molecule has 4 N–H and O–H groups in total. The lowest BCUT2D eigenvalue weighted by Gasteiger charge is -2.57. The van der Waals surface area contributed by atoms with Gasteiger partial charge in [0.2, 0.25) is 5.91 Å². The van der Waals surface area contributed by atoms with E-state index in [1.807, 2.05) is 6.07 Å². The Hall–Kier alpha value is -3.22. The van der Waals surface area contributed by atoms with Gasteiger partial charge in [-0.05, 0) is 80.5 Å². The normalized spacial score (nSPS) is 27.8. The van der Waals surface area contributed by atoms with E-state index < -0.39 is 23.2 Å². The summed E-state index contributed by atoms with van der Waals surface area (Å²) in [6, 6.07) is 11.0. The molecule has 7 nitrogen and oxygen atoms in total. The topological polar surface area (TPSA) is 110 Å². The Morgan fingerprint density at radius 2 is 1.44 bits per heavy atom. The lowest BCUT2D eigenvalue weighted by atomic mass is 9.53. The number of nitrogens with zero attached hydrogens (tertiary/aromatic N) is 1. The van der Waals surface area contributed by atoms with E-state index in [1.54, 1.807) is 24.3 Å². The van der Waals surface area contributed by atoms with Crippen molar-refractivity contribution in [3.63, 3.8) is 0 Å². The average Bonchev–Trinajstić information content (AvgIpc) is 2.74. The minimum absolute atomic E-state index is 0.0238. The highest BCUT2D eigenvalue weighted by atomic mass is 16.3. The van der Waals surface area contributed by atoms with Gasteiger partial charge in [0, 0.05) is 16.8 Å². The maximum absolute atomic E-state index is 13.3. The predicted octanol–water partition coefficient (Wildman–Crippen LogP) is 3.54. The van der Waals surface area contributed by atoms with Crippen LogP contribution in [0.15, 0.2) is 42.5 Å². The van der Waals surface area contributed by atoms with Crippen molar-refractivity contribution in [2.75, 3.05) is 11.4 Å². The summed E-state index contributed by atoms with van der Waals surface area (Å²) in [6.07, 6.45) is 6.88. The van der Waals surface area contributed by atoms with Crippen LogP contribution in [0.1, 0.15) is 48.9 Å². The molecule has 2 aromatic carbocycles. The zero-order chi connectivity index (χ0) is 22.5. The molecule has 0 aromatic heterocycles. The molecule has 4 bridgehead atoms. The fourth-order valence-electron chi connectivity index (χ4n) is 6.51. The number of phenols is 3. The van der Waals surface area contributed by atoms with Gasteiger partial charge in [-0.25, -0.2) is 0 Å². The van der Waals surface area contributed by atoms with Crippen LogP contribution in [0.5, 0.6) is 17.2 Å². The maximum atomic E-state index is 13.3. The van der Waals surface area contributed by atoms with Crippen LogP contribution in [-0.4, -0.2) is 39.2 Å². The van der Waals surface area contributed by atoms with E-state index in [-0.39, 0.29) is 23.6 Å². The zero-order valence-corrected chi connectivity index (χ0v) is 17.8. The first kappa shape index (κ1) is 20.7. The van der Waals surface area contributed by atoms with Crippen LogP contribution in [0.2, 0.25) is 0 Å². The highest BCUT2D eigenvalue weighted by Gasteiger charge is 2.51. The van der Waals surface area contributed by atoms with E-state index in [0.29, 0.717) is 23.4 Å². The molecular formula is C25H28N2O5. The molecule has 4 fully saturated rings. The number of anilines is 1. The summed E-state index contributed by atoms with van der Waals surface area (Å²) in [5, 5.41) is 32.6. The molecule has 0 radical (unpaired) electrons. The van der Waals surface area contributed by atoms with Gasteiger partial charge in [-0.15, -0.1) is 0 Å². The molecule has 168 valence electrons. The molecule has 0 spiro atoms. The summed E-state index contributed by atoms with van der Waals surface area (Å²) in [7, 11) is 0. The summed E-state index contributed by atoms with van der Waals surface area (Å²) in [4.78, 5) is 27.8. The largest absolute Gasteiger partial charge is 0.504 e. The standard InChI is InChI=1S/C25H28N2O5/c28-20-9-18(10-21(29)23(20)31)24(32)27(19-4-2-1-3-5-19)14-22(30)26-25-11-15-6-16(12-25)8-17(7-15)13-25/h1-5,9-10,15-17,28-29,31H,6-8,11-14H2,(H,26,30). The summed E-state index contributed by atoms with van der Waals surface area (Å²) in [6.45, 7) is -0.174. The van der Waals surface area contributed by atoms with Crippen molar-refractivity contribution in [3.05, 3.63) is 48.0 Å². The molecule has 0 aliphatic heterocycles. The molecule has 7 heteroatoms. The van der Waals surface area contributed by atoms with Crippen LogP contribution < -0.4 is 10.2 Å². The van der Waals surface area contributed by atoms with Crippen molar-refractivity contribution >= 4 is 17.5 Å². The Morgan fingerprint density at radius 1 is 0.906 bits per heavy atom. The van der Waals surface area contributed by atoms with Gasteiger partial charge in [-0.3, -0.25) is 14.5 Å². The highest BCUT2D eigenvalue weighted by molar-refractivity contribution is 6.09. The molecule has 0 unspecified atom stereocenters. The fourth-order valence-corrected chi connectivity index (χ4v) is 6.51. The molecule has 2 amide bonds. The third kappa shape index (κ3) is 3.76. The van der Waals surface area contributed by atoms with E-state index >= 15 is 0 Å². The minimum Gasteiger partial charge on any atom is -0.504 e. The van der Waals surface area contributed by atoms with E-state index in [2.05, 4.69) is 5.32 Å². The smallest absolute Gasteiger partial charge is 0.259 e. The Labute approximate surface area is 186 Å². The van der Waals surface area contributed by atoms with Gasteiger partial charge < -0.3 is 20.6 Å². The number of nitrogens with one attached hydrogen (secondary N) is 1. The number of hydrogen-bond acceptors (Lipinski definition) is 5. The fraction of sp³-hybridized carbons (Fsp3) is 0.440. The Kier molecular flexibility index (Phi) is 4.99. The number of amides is 2. The molecule has 32 heavy (non-hydrogen) atoms. The quantitative estimate of drug-likeness (QED) is 0.536. The van der Waals surface area contributed by atoms with Gasteiger partial charge >= 0.3 is 0 Å². The number of rotatable bonds is 5. The highest BCUT2D eigenvalue weighted by Crippen LogP contribution is 2.55. The van der Waals surface area contributed by atoms with E-state index in [0.717, 1.165) is 31.4 Å². The summed E-state index contributed by atoms with van der Waals surface area (Å²) < 4.78 is 0. The number of carbonyl (C=O) groups is 2. The first-order valence-electron chi connectivity index (χ1n) is 11.2. The first-order valence-corrected chi connectivity index (χ1v) is 11.2. The van der Waals surface area contributed by atoms with Crippen LogP contribution in [0.3, 0.4) is 0 Å². The van der Waals surface area contributed by atoms with Gasteiger partial charge in [0.1, 0.15) is 6.54 Å². The number of carbonyl (C=O) groups excluding carboxylic acids is 2. The lowest BCUT2D eigenvalue weighted by molar-refractivity contribution is -0.125.